The molecule has 7 heteroatoms. The van der Waals surface area contributed by atoms with Crippen molar-refractivity contribution in [3.63, 3.8) is 0 Å². The second-order valence-corrected chi connectivity index (χ2v) is 6.88. The van der Waals surface area contributed by atoms with E-state index in [1.165, 1.54) is 12.3 Å². The Hall–Kier alpha value is -2.83. The number of nitrogens with zero attached hydrogens (tertiary/aromatic N) is 4. The van der Waals surface area contributed by atoms with Crippen LogP contribution in [0.4, 0.5) is 8.78 Å². The van der Waals surface area contributed by atoms with Gasteiger partial charge in [-0.3, -0.25) is 4.79 Å². The molecule has 2 aromatic heterocycles. The van der Waals surface area contributed by atoms with Crippen molar-refractivity contribution >= 4 is 11.6 Å². The van der Waals surface area contributed by atoms with Gasteiger partial charge in [0.1, 0.15) is 11.3 Å². The molecular formula is C20H20F2N4O. The fourth-order valence-electron chi connectivity index (χ4n) is 3.43. The number of benzene rings is 1. The van der Waals surface area contributed by atoms with Crippen molar-refractivity contribution in [2.45, 2.75) is 32.6 Å². The number of halogens is 2. The van der Waals surface area contributed by atoms with Gasteiger partial charge in [0.05, 0.1) is 11.9 Å². The lowest BCUT2D eigenvalue weighted by molar-refractivity contribution is 0.0726. The van der Waals surface area contributed by atoms with Gasteiger partial charge in [-0.2, -0.15) is 5.10 Å². The summed E-state index contributed by atoms with van der Waals surface area (Å²) in [6.45, 7) is 3.31. The summed E-state index contributed by atoms with van der Waals surface area (Å²) in [7, 11) is 0. The number of amides is 1. The molecule has 0 aliphatic carbocycles. The lowest BCUT2D eigenvalue weighted by Gasteiger charge is -2.26. The van der Waals surface area contributed by atoms with Crippen LogP contribution in [0.5, 0.6) is 0 Å². The molecule has 1 aliphatic rings. The van der Waals surface area contributed by atoms with Crippen LogP contribution in [-0.2, 0) is 0 Å². The summed E-state index contributed by atoms with van der Waals surface area (Å²) < 4.78 is 28.4. The largest absolute Gasteiger partial charge is 0.338 e. The van der Waals surface area contributed by atoms with Gasteiger partial charge in [-0.05, 0) is 32.3 Å². The predicted molar refractivity (Wildman–Crippen MR) is 97.9 cm³/mol. The molecule has 3 aromatic rings. The van der Waals surface area contributed by atoms with Crippen LogP contribution in [0.25, 0.3) is 16.9 Å². The number of aryl methyl sites for hydroxylation is 1. The van der Waals surface area contributed by atoms with Crippen LogP contribution in [0.3, 0.4) is 0 Å². The van der Waals surface area contributed by atoms with E-state index in [0.717, 1.165) is 34.9 Å². The summed E-state index contributed by atoms with van der Waals surface area (Å²) in [5, 5.41) is 4.03. The molecule has 1 aliphatic heterocycles. The Labute approximate surface area is 155 Å². The molecule has 0 N–H and O–H groups in total. The summed E-state index contributed by atoms with van der Waals surface area (Å²) in [4.78, 5) is 19.2. The van der Waals surface area contributed by atoms with Crippen LogP contribution < -0.4 is 0 Å². The van der Waals surface area contributed by atoms with Crippen molar-refractivity contribution in [1.29, 1.82) is 0 Å². The van der Waals surface area contributed by atoms with Gasteiger partial charge >= 0.3 is 0 Å². The van der Waals surface area contributed by atoms with Gasteiger partial charge in [-0.15, -0.1) is 0 Å². The molecule has 4 rings (SSSR count). The number of fused-ring (bicyclic) bond motifs is 1. The number of rotatable bonds is 3. The molecule has 0 atom stereocenters. The first-order valence-electron chi connectivity index (χ1n) is 9.08. The van der Waals surface area contributed by atoms with E-state index in [1.54, 1.807) is 4.90 Å². The summed E-state index contributed by atoms with van der Waals surface area (Å²) in [6.07, 6.45) is 1.64. The monoisotopic (exact) mass is 370 g/mol. The van der Waals surface area contributed by atoms with Gasteiger partial charge in [0.15, 0.2) is 5.65 Å². The zero-order valence-corrected chi connectivity index (χ0v) is 15.0. The smallest absolute Gasteiger partial charge is 0.280 e. The molecule has 3 heterocycles. The minimum absolute atomic E-state index is 0.180. The Morgan fingerprint density at radius 1 is 1.11 bits per heavy atom. The molecule has 0 spiro atoms. The van der Waals surface area contributed by atoms with Gasteiger partial charge in [0.25, 0.3) is 12.3 Å². The van der Waals surface area contributed by atoms with Crippen molar-refractivity contribution in [3.05, 3.63) is 53.3 Å². The fraction of sp³-hybridized carbons (Fsp3) is 0.350. The standard InChI is InChI=1S/C20H20F2N4O/c1-13-5-7-14(8-6-13)16-11-17(18(21)22)26-19(24-16)15(12-23-26)20(27)25-9-3-2-4-10-25/h5-8,11-12,18H,2-4,9-10H2,1H3. The number of alkyl halides is 2. The second kappa shape index (κ2) is 7.06. The van der Waals surface area contributed by atoms with Gasteiger partial charge < -0.3 is 4.90 Å². The van der Waals surface area contributed by atoms with Gasteiger partial charge in [0.2, 0.25) is 0 Å². The van der Waals surface area contributed by atoms with E-state index < -0.39 is 6.43 Å². The Morgan fingerprint density at radius 2 is 1.81 bits per heavy atom. The summed E-state index contributed by atoms with van der Waals surface area (Å²) in [5.41, 5.74) is 2.38. The van der Waals surface area contributed by atoms with Crippen LogP contribution in [0.2, 0.25) is 0 Å². The molecule has 5 nitrogen and oxygen atoms in total. The van der Waals surface area contributed by atoms with Crippen molar-refractivity contribution in [2.75, 3.05) is 13.1 Å². The molecule has 0 unspecified atom stereocenters. The maximum absolute atomic E-state index is 13.6. The highest BCUT2D eigenvalue weighted by Crippen LogP contribution is 2.27. The Morgan fingerprint density at radius 3 is 2.48 bits per heavy atom. The minimum atomic E-state index is -2.72. The van der Waals surface area contributed by atoms with E-state index in [9.17, 15) is 13.6 Å². The molecule has 0 bridgehead atoms. The first-order valence-corrected chi connectivity index (χ1v) is 9.08. The topological polar surface area (TPSA) is 50.5 Å². The first kappa shape index (κ1) is 17.6. The van der Waals surface area contributed by atoms with E-state index in [4.69, 9.17) is 0 Å². The zero-order chi connectivity index (χ0) is 19.0. The molecule has 1 saturated heterocycles. The predicted octanol–water partition coefficient (Wildman–Crippen LogP) is 4.27. The van der Waals surface area contributed by atoms with Crippen LogP contribution in [0.15, 0.2) is 36.5 Å². The highest BCUT2D eigenvalue weighted by atomic mass is 19.3. The van der Waals surface area contributed by atoms with Gasteiger partial charge in [-0.25, -0.2) is 18.3 Å². The summed E-state index contributed by atoms with van der Waals surface area (Å²) in [5.74, 6) is -0.196. The summed E-state index contributed by atoms with van der Waals surface area (Å²) >= 11 is 0. The van der Waals surface area contributed by atoms with E-state index in [-0.39, 0.29) is 22.8 Å². The quantitative estimate of drug-likeness (QED) is 0.692. The van der Waals surface area contributed by atoms with Crippen LogP contribution in [-0.4, -0.2) is 38.5 Å². The van der Waals surface area contributed by atoms with Crippen LogP contribution in [0.1, 0.15) is 47.3 Å². The first-order chi connectivity index (χ1) is 13.0. The third kappa shape index (κ3) is 3.29. The van der Waals surface area contributed by atoms with E-state index >= 15 is 0 Å². The van der Waals surface area contributed by atoms with Gasteiger partial charge in [-0.1, -0.05) is 29.8 Å². The lowest BCUT2D eigenvalue weighted by atomic mass is 10.1. The minimum Gasteiger partial charge on any atom is -0.338 e. The van der Waals surface area contributed by atoms with Crippen molar-refractivity contribution < 1.29 is 13.6 Å². The van der Waals surface area contributed by atoms with Gasteiger partial charge in [0, 0.05) is 18.7 Å². The number of likely N-dealkylation sites (tertiary alicyclic amines) is 1. The van der Waals surface area contributed by atoms with Crippen molar-refractivity contribution in [2.24, 2.45) is 0 Å². The number of hydrogen-bond acceptors (Lipinski definition) is 3. The van der Waals surface area contributed by atoms with E-state index in [1.807, 2.05) is 31.2 Å². The highest BCUT2D eigenvalue weighted by molar-refractivity contribution is 6.00. The van der Waals surface area contributed by atoms with Crippen LogP contribution in [0, 0.1) is 6.92 Å². The lowest BCUT2D eigenvalue weighted by Crippen LogP contribution is -2.35. The maximum atomic E-state index is 13.6. The normalized spacial score (nSPS) is 14.9. The molecule has 1 fully saturated rings. The number of carbonyl (C=O) groups excluding carboxylic acids is 1. The Bertz CT molecular complexity index is 976. The molecule has 0 radical (unpaired) electrons. The van der Waals surface area contributed by atoms with E-state index in [2.05, 4.69) is 10.1 Å². The number of hydrogen-bond donors (Lipinski definition) is 0. The average molecular weight is 370 g/mol. The molecule has 0 saturated carbocycles. The Balaban J connectivity index is 1.84. The van der Waals surface area contributed by atoms with Crippen LogP contribution >= 0.6 is 0 Å². The molecular weight excluding hydrogens is 350 g/mol. The third-order valence-corrected chi connectivity index (χ3v) is 4.94. The van der Waals surface area contributed by atoms with Crippen molar-refractivity contribution in [3.8, 4) is 11.3 Å². The Kier molecular flexibility index (Phi) is 4.59. The number of piperidine rings is 1. The summed E-state index contributed by atoms with van der Waals surface area (Å²) in [6, 6.07) is 8.82. The van der Waals surface area contributed by atoms with Crippen molar-refractivity contribution in [1.82, 2.24) is 19.5 Å². The average Bonchev–Trinajstić information content (AvgIpc) is 3.11. The number of aromatic nitrogens is 3. The molecule has 140 valence electrons. The zero-order valence-electron chi connectivity index (χ0n) is 15.0. The molecule has 1 amide bonds. The molecule has 27 heavy (non-hydrogen) atoms. The molecule has 1 aromatic carbocycles. The second-order valence-electron chi connectivity index (χ2n) is 6.88. The third-order valence-electron chi connectivity index (χ3n) is 4.94. The SMILES string of the molecule is Cc1ccc(-c2cc(C(F)F)n3ncc(C(=O)N4CCCCC4)c3n2)cc1. The fourth-order valence-corrected chi connectivity index (χ4v) is 3.43. The maximum Gasteiger partial charge on any atom is 0.280 e. The highest BCUT2D eigenvalue weighted by Gasteiger charge is 2.25. The number of carbonyl (C=O) groups is 1. The van der Waals surface area contributed by atoms with E-state index in [0.29, 0.717) is 18.8 Å².